The quantitative estimate of drug-likeness (QED) is 0.520. The molecule has 152 valence electrons. The Bertz CT molecular complexity index is 1170. The van der Waals surface area contributed by atoms with E-state index in [1.54, 1.807) is 17.5 Å². The second-order valence-electron chi connectivity index (χ2n) is 7.43. The van der Waals surface area contributed by atoms with Crippen LogP contribution < -0.4 is 16.0 Å². The van der Waals surface area contributed by atoms with Gasteiger partial charge in [0.1, 0.15) is 0 Å². The van der Waals surface area contributed by atoms with Crippen LogP contribution in [0.4, 0.5) is 11.6 Å². The maximum absolute atomic E-state index is 5.46. The molecule has 4 aromatic heterocycles. The molecule has 0 spiro atoms. The number of pyridine rings is 1. The lowest BCUT2D eigenvalue weighted by Gasteiger charge is -2.22. The summed E-state index contributed by atoms with van der Waals surface area (Å²) in [4.78, 5) is 14.8. The minimum absolute atomic E-state index is 0.386. The number of hydrazine groups is 2. The Morgan fingerprint density at radius 2 is 2.13 bits per heavy atom. The molecule has 6 rings (SSSR count). The number of hydrogen-bond donors (Lipinski definition) is 2. The topological polar surface area (TPSA) is 93.0 Å². The molecule has 2 aliphatic rings. The number of thiophene rings is 1. The van der Waals surface area contributed by atoms with Crippen LogP contribution in [-0.2, 0) is 11.3 Å². The summed E-state index contributed by atoms with van der Waals surface area (Å²) in [5, 5.41) is 7.70. The molecular weight excluding hydrogens is 400 g/mol. The molecule has 10 heteroatoms. The predicted octanol–water partition coefficient (Wildman–Crippen LogP) is 3.15. The van der Waals surface area contributed by atoms with Gasteiger partial charge in [-0.05, 0) is 25.0 Å². The zero-order chi connectivity index (χ0) is 19.9. The van der Waals surface area contributed by atoms with E-state index in [1.165, 1.54) is 9.58 Å². The molecule has 2 N–H and O–H groups in total. The van der Waals surface area contributed by atoms with Gasteiger partial charge in [0.05, 0.1) is 30.7 Å². The first-order valence-electron chi connectivity index (χ1n) is 9.94. The average molecular weight is 421 g/mol. The highest BCUT2D eigenvalue weighted by atomic mass is 32.1. The molecule has 30 heavy (non-hydrogen) atoms. The molecule has 0 atom stereocenters. The molecular formula is C20H20N8OS. The van der Waals surface area contributed by atoms with Crippen LogP contribution in [0.25, 0.3) is 21.3 Å². The van der Waals surface area contributed by atoms with Crippen LogP contribution in [0, 0.1) is 0 Å². The highest BCUT2D eigenvalue weighted by molar-refractivity contribution is 7.19. The molecule has 4 aromatic rings. The first kappa shape index (κ1) is 17.8. The lowest BCUT2D eigenvalue weighted by atomic mass is 10.1. The normalized spacial score (nSPS) is 16.7. The third kappa shape index (κ3) is 3.18. The van der Waals surface area contributed by atoms with E-state index in [9.17, 15) is 0 Å². The van der Waals surface area contributed by atoms with Crippen LogP contribution in [0.15, 0.2) is 43.1 Å². The van der Waals surface area contributed by atoms with Crippen molar-refractivity contribution in [2.75, 3.05) is 23.6 Å². The number of ether oxygens (including phenoxy) is 1. The number of anilines is 2. The minimum atomic E-state index is 0.386. The summed E-state index contributed by atoms with van der Waals surface area (Å²) in [7, 11) is 0. The maximum atomic E-state index is 5.46. The Morgan fingerprint density at radius 3 is 3.03 bits per heavy atom. The second kappa shape index (κ2) is 7.31. The Kier molecular flexibility index (Phi) is 4.33. The van der Waals surface area contributed by atoms with Gasteiger partial charge in [0.15, 0.2) is 11.6 Å². The number of nitrogens with zero attached hydrogens (tertiary/aromatic N) is 6. The van der Waals surface area contributed by atoms with E-state index < -0.39 is 0 Å². The molecule has 0 radical (unpaired) electrons. The zero-order valence-electron chi connectivity index (χ0n) is 16.2. The summed E-state index contributed by atoms with van der Waals surface area (Å²) in [5.41, 5.74) is 8.04. The van der Waals surface area contributed by atoms with Crippen LogP contribution >= 0.6 is 11.3 Å². The number of rotatable bonds is 4. The maximum Gasteiger partial charge on any atom is 0.190 e. The monoisotopic (exact) mass is 420 g/mol. The fourth-order valence-corrected chi connectivity index (χ4v) is 4.90. The number of nitrogens with one attached hydrogen (secondary N) is 2. The van der Waals surface area contributed by atoms with Gasteiger partial charge in [-0.15, -0.1) is 16.9 Å². The molecule has 1 fully saturated rings. The standard InChI is InChI=1S/C20H20N8OS/c1-4-21-8-13-7-16(30-18(1)13)12-28-20-19(25-26-28)22-10-17(24-20)14-9-23-27(11-14)15-2-5-29-6-3-15/h1,4,7-11,15,26H,2-3,5-6,12H2,(H,22,25). The summed E-state index contributed by atoms with van der Waals surface area (Å²) in [5.74, 6) is 1.50. The summed E-state index contributed by atoms with van der Waals surface area (Å²) in [6, 6.07) is 4.60. The molecule has 0 bridgehead atoms. The highest BCUT2D eigenvalue weighted by Gasteiger charge is 2.24. The Hall–Kier alpha value is -3.08. The SMILES string of the molecule is c1cc2sc(CN3NNc4ncc(-c5cnn(C6CCOCC6)c5)nc43)cc2cn1. The van der Waals surface area contributed by atoms with E-state index in [0.29, 0.717) is 12.6 Å². The summed E-state index contributed by atoms with van der Waals surface area (Å²) >= 11 is 1.76. The third-order valence-corrected chi connectivity index (χ3v) is 6.56. The molecule has 1 saturated heterocycles. The molecule has 2 aliphatic heterocycles. The van der Waals surface area contributed by atoms with Gasteiger partial charge in [-0.25, -0.2) is 9.97 Å². The van der Waals surface area contributed by atoms with Crippen molar-refractivity contribution < 1.29 is 4.74 Å². The number of fused-ring (bicyclic) bond motifs is 2. The van der Waals surface area contributed by atoms with Gasteiger partial charge in [0.25, 0.3) is 0 Å². The molecule has 0 saturated carbocycles. The number of hydrogen-bond acceptors (Lipinski definition) is 9. The first-order valence-corrected chi connectivity index (χ1v) is 10.8. The Morgan fingerprint density at radius 1 is 1.20 bits per heavy atom. The van der Waals surface area contributed by atoms with Crippen molar-refractivity contribution in [3.8, 4) is 11.3 Å². The summed E-state index contributed by atoms with van der Waals surface area (Å²) in [6.07, 6.45) is 11.4. The summed E-state index contributed by atoms with van der Waals surface area (Å²) < 4.78 is 8.72. The van der Waals surface area contributed by atoms with Crippen molar-refractivity contribution in [2.45, 2.75) is 25.4 Å². The van der Waals surface area contributed by atoms with Crippen molar-refractivity contribution >= 4 is 33.1 Å². The van der Waals surface area contributed by atoms with Crippen LogP contribution in [0.2, 0.25) is 0 Å². The van der Waals surface area contributed by atoms with Crippen LogP contribution in [-0.4, -0.2) is 37.9 Å². The van der Waals surface area contributed by atoms with E-state index in [1.807, 2.05) is 34.3 Å². The zero-order valence-corrected chi connectivity index (χ0v) is 17.0. The van der Waals surface area contributed by atoms with Crippen LogP contribution in [0.1, 0.15) is 23.8 Å². The fraction of sp³-hybridized carbons (Fsp3) is 0.300. The third-order valence-electron chi connectivity index (χ3n) is 5.46. The molecule has 0 amide bonds. The molecule has 0 aromatic carbocycles. The van der Waals surface area contributed by atoms with Gasteiger partial charge in [0.2, 0.25) is 0 Å². The van der Waals surface area contributed by atoms with Crippen molar-refractivity contribution in [2.24, 2.45) is 0 Å². The van der Waals surface area contributed by atoms with Crippen molar-refractivity contribution in [3.63, 3.8) is 0 Å². The lowest BCUT2D eigenvalue weighted by Crippen LogP contribution is -2.35. The molecule has 9 nitrogen and oxygen atoms in total. The van der Waals surface area contributed by atoms with Gasteiger partial charge in [-0.2, -0.15) is 5.10 Å². The fourth-order valence-electron chi connectivity index (χ4n) is 3.88. The van der Waals surface area contributed by atoms with Crippen molar-refractivity contribution in [1.82, 2.24) is 30.3 Å². The van der Waals surface area contributed by atoms with Crippen molar-refractivity contribution in [1.29, 1.82) is 0 Å². The number of aromatic nitrogens is 5. The smallest absolute Gasteiger partial charge is 0.190 e. The molecule has 0 aliphatic carbocycles. The first-order chi connectivity index (χ1) is 14.8. The van der Waals surface area contributed by atoms with Gasteiger partial charge in [0, 0.05) is 52.3 Å². The van der Waals surface area contributed by atoms with Crippen LogP contribution in [0.3, 0.4) is 0 Å². The van der Waals surface area contributed by atoms with Gasteiger partial charge < -0.3 is 4.74 Å². The van der Waals surface area contributed by atoms with Gasteiger partial charge in [-0.1, -0.05) is 0 Å². The average Bonchev–Trinajstić information content (AvgIpc) is 3.52. The van der Waals surface area contributed by atoms with Gasteiger partial charge >= 0.3 is 0 Å². The minimum Gasteiger partial charge on any atom is -0.381 e. The predicted molar refractivity (Wildman–Crippen MR) is 115 cm³/mol. The molecule has 0 unspecified atom stereocenters. The van der Waals surface area contributed by atoms with E-state index in [0.717, 1.165) is 54.3 Å². The summed E-state index contributed by atoms with van der Waals surface area (Å²) in [6.45, 7) is 2.26. The van der Waals surface area contributed by atoms with E-state index >= 15 is 0 Å². The molecule has 6 heterocycles. The van der Waals surface area contributed by atoms with E-state index in [2.05, 4.69) is 38.3 Å². The lowest BCUT2D eigenvalue weighted by molar-refractivity contribution is 0.0662. The van der Waals surface area contributed by atoms with Gasteiger partial charge in [-0.3, -0.25) is 20.1 Å². The van der Waals surface area contributed by atoms with Crippen molar-refractivity contribution in [3.05, 3.63) is 48.0 Å². The Labute approximate surface area is 176 Å². The van der Waals surface area contributed by atoms with Crippen LogP contribution in [0.5, 0.6) is 0 Å². The second-order valence-corrected chi connectivity index (χ2v) is 8.60. The van der Waals surface area contributed by atoms with E-state index in [4.69, 9.17) is 9.72 Å². The highest BCUT2D eigenvalue weighted by Crippen LogP contribution is 2.32. The largest absolute Gasteiger partial charge is 0.381 e. The van der Waals surface area contributed by atoms with E-state index in [-0.39, 0.29) is 0 Å². The Balaban J connectivity index is 1.26.